The zero-order valence-corrected chi connectivity index (χ0v) is 11.7. The van der Waals surface area contributed by atoms with Gasteiger partial charge in [-0.25, -0.2) is 4.39 Å². The van der Waals surface area contributed by atoms with Crippen molar-refractivity contribution in [2.45, 2.75) is 18.8 Å². The van der Waals surface area contributed by atoms with Gasteiger partial charge >= 0.3 is 0 Å². The Morgan fingerprint density at radius 3 is 2.85 bits per heavy atom. The molecule has 1 aromatic carbocycles. The fourth-order valence-corrected chi connectivity index (χ4v) is 2.72. The van der Waals surface area contributed by atoms with Gasteiger partial charge in [0.25, 0.3) is 0 Å². The summed E-state index contributed by atoms with van der Waals surface area (Å²) >= 11 is 0. The van der Waals surface area contributed by atoms with Gasteiger partial charge in [-0.3, -0.25) is 4.90 Å². The summed E-state index contributed by atoms with van der Waals surface area (Å²) < 4.78 is 18.3. The van der Waals surface area contributed by atoms with E-state index in [-0.39, 0.29) is 18.2 Å². The summed E-state index contributed by atoms with van der Waals surface area (Å²) in [5.74, 6) is 0.0191. The monoisotopic (exact) mass is 298 g/mol. The van der Waals surface area contributed by atoms with Crippen molar-refractivity contribution < 1.29 is 13.7 Å². The molecule has 0 aliphatic carbocycles. The number of hydrogen-bond donors (Lipinski definition) is 0. The maximum atomic E-state index is 13.1. The van der Waals surface area contributed by atoms with Crippen LogP contribution in [0.4, 0.5) is 4.39 Å². The SMILES string of the molecule is Cl.O=CCN1CCC(c2noc3cc(F)ccc23)CC1. The van der Waals surface area contributed by atoms with Gasteiger partial charge in [-0.05, 0) is 38.1 Å². The van der Waals surface area contributed by atoms with Gasteiger partial charge in [0.05, 0.1) is 12.2 Å². The first-order chi connectivity index (χ1) is 9.28. The molecule has 0 unspecified atom stereocenters. The van der Waals surface area contributed by atoms with Gasteiger partial charge in [0.15, 0.2) is 5.58 Å². The molecule has 0 radical (unpaired) electrons. The van der Waals surface area contributed by atoms with Gasteiger partial charge in [-0.2, -0.15) is 0 Å². The number of benzene rings is 1. The number of likely N-dealkylation sites (tertiary alicyclic amines) is 1. The zero-order valence-electron chi connectivity index (χ0n) is 10.9. The molecule has 0 spiro atoms. The first-order valence-corrected chi connectivity index (χ1v) is 6.49. The van der Waals surface area contributed by atoms with Crippen LogP contribution < -0.4 is 0 Å². The summed E-state index contributed by atoms with van der Waals surface area (Å²) in [4.78, 5) is 12.6. The fraction of sp³-hybridized carbons (Fsp3) is 0.429. The summed E-state index contributed by atoms with van der Waals surface area (Å²) in [6.07, 6.45) is 2.84. The van der Waals surface area contributed by atoms with Gasteiger partial charge in [0.2, 0.25) is 0 Å². The molecule has 0 amide bonds. The van der Waals surface area contributed by atoms with Gasteiger partial charge in [0.1, 0.15) is 12.1 Å². The lowest BCUT2D eigenvalue weighted by molar-refractivity contribution is -0.109. The topological polar surface area (TPSA) is 46.3 Å². The molecule has 0 saturated carbocycles. The van der Waals surface area contributed by atoms with E-state index in [4.69, 9.17) is 4.52 Å². The summed E-state index contributed by atoms with van der Waals surface area (Å²) in [7, 11) is 0. The Balaban J connectivity index is 0.00000147. The Hall–Kier alpha value is -1.46. The van der Waals surface area contributed by atoms with E-state index in [2.05, 4.69) is 10.1 Å². The minimum Gasteiger partial charge on any atom is -0.356 e. The molecule has 3 rings (SSSR count). The number of aromatic nitrogens is 1. The standard InChI is InChI=1S/C14H15FN2O2.ClH/c15-11-1-2-12-13(9-11)19-16-14(12)10-3-5-17(6-4-10)7-8-18;/h1-2,8-10H,3-7H2;1H. The van der Waals surface area contributed by atoms with Crippen molar-refractivity contribution in [2.75, 3.05) is 19.6 Å². The van der Waals surface area contributed by atoms with Crippen LogP contribution in [0.3, 0.4) is 0 Å². The van der Waals surface area contributed by atoms with Crippen LogP contribution in [0.2, 0.25) is 0 Å². The predicted molar refractivity (Wildman–Crippen MR) is 75.7 cm³/mol. The number of carbonyl (C=O) groups excluding carboxylic acids is 1. The lowest BCUT2D eigenvalue weighted by Crippen LogP contribution is -2.34. The second kappa shape index (κ2) is 6.33. The molecule has 108 valence electrons. The number of rotatable bonds is 3. The number of fused-ring (bicyclic) bond motifs is 1. The largest absolute Gasteiger partial charge is 0.356 e. The molecular weight excluding hydrogens is 283 g/mol. The molecule has 1 aliphatic heterocycles. The van der Waals surface area contributed by atoms with Gasteiger partial charge in [0, 0.05) is 17.4 Å². The van der Waals surface area contributed by atoms with Crippen LogP contribution >= 0.6 is 12.4 Å². The molecule has 20 heavy (non-hydrogen) atoms. The van der Waals surface area contributed by atoms with Crippen LogP contribution in [0.25, 0.3) is 11.0 Å². The number of carbonyl (C=O) groups is 1. The van der Waals surface area contributed by atoms with Crippen LogP contribution in [0, 0.1) is 5.82 Å². The number of piperidine rings is 1. The van der Waals surface area contributed by atoms with E-state index in [1.165, 1.54) is 12.1 Å². The van der Waals surface area contributed by atoms with Crippen LogP contribution in [0.15, 0.2) is 22.7 Å². The van der Waals surface area contributed by atoms with Gasteiger partial charge < -0.3 is 9.32 Å². The Bertz CT molecular complexity index is 594. The Morgan fingerprint density at radius 2 is 2.15 bits per heavy atom. The molecule has 2 heterocycles. The van der Waals surface area contributed by atoms with E-state index < -0.39 is 0 Å². The number of aldehydes is 1. The van der Waals surface area contributed by atoms with Crippen molar-refractivity contribution in [1.82, 2.24) is 10.1 Å². The number of halogens is 2. The summed E-state index contributed by atoms with van der Waals surface area (Å²) in [6.45, 7) is 2.27. The van der Waals surface area contributed by atoms with Crippen LogP contribution in [-0.2, 0) is 4.79 Å². The van der Waals surface area contributed by atoms with Crippen molar-refractivity contribution in [2.24, 2.45) is 0 Å². The van der Waals surface area contributed by atoms with Crippen molar-refractivity contribution >= 4 is 29.7 Å². The maximum absolute atomic E-state index is 13.1. The minimum atomic E-state index is -0.309. The van der Waals surface area contributed by atoms with E-state index in [1.807, 2.05) is 0 Å². The third kappa shape index (κ3) is 2.83. The first kappa shape index (κ1) is 14.9. The van der Waals surface area contributed by atoms with Crippen LogP contribution in [0.5, 0.6) is 0 Å². The highest BCUT2D eigenvalue weighted by Gasteiger charge is 2.24. The third-order valence-electron chi connectivity index (χ3n) is 3.77. The average molecular weight is 299 g/mol. The van der Waals surface area contributed by atoms with Crippen molar-refractivity contribution in [1.29, 1.82) is 0 Å². The number of nitrogens with zero attached hydrogens (tertiary/aromatic N) is 2. The van der Waals surface area contributed by atoms with Crippen LogP contribution in [0.1, 0.15) is 24.5 Å². The summed E-state index contributed by atoms with van der Waals surface area (Å²) in [6, 6.07) is 4.53. The molecule has 6 heteroatoms. The van der Waals surface area contributed by atoms with Crippen molar-refractivity contribution in [3.05, 3.63) is 29.7 Å². The molecule has 1 saturated heterocycles. The van der Waals surface area contributed by atoms with Gasteiger partial charge in [-0.1, -0.05) is 5.16 Å². The molecule has 0 bridgehead atoms. The van der Waals surface area contributed by atoms with Crippen LogP contribution in [-0.4, -0.2) is 36.0 Å². The minimum absolute atomic E-state index is 0. The Morgan fingerprint density at radius 1 is 1.40 bits per heavy atom. The lowest BCUT2D eigenvalue weighted by atomic mass is 9.91. The highest BCUT2D eigenvalue weighted by Crippen LogP contribution is 2.32. The number of hydrogen-bond acceptors (Lipinski definition) is 4. The van der Waals surface area contributed by atoms with Crippen molar-refractivity contribution in [3.8, 4) is 0 Å². The zero-order chi connectivity index (χ0) is 13.2. The normalized spacial score (nSPS) is 17.1. The first-order valence-electron chi connectivity index (χ1n) is 6.49. The Kier molecular flexibility index (Phi) is 4.73. The molecule has 4 nitrogen and oxygen atoms in total. The third-order valence-corrected chi connectivity index (χ3v) is 3.77. The second-order valence-corrected chi connectivity index (χ2v) is 4.95. The second-order valence-electron chi connectivity index (χ2n) is 4.95. The van der Waals surface area contributed by atoms with Crippen molar-refractivity contribution in [3.63, 3.8) is 0 Å². The highest BCUT2D eigenvalue weighted by molar-refractivity contribution is 5.85. The van der Waals surface area contributed by atoms with E-state index in [1.54, 1.807) is 6.07 Å². The molecule has 0 atom stereocenters. The quantitative estimate of drug-likeness (QED) is 0.818. The molecule has 1 aliphatic rings. The molecular formula is C14H16ClFN2O2. The Labute approximate surface area is 122 Å². The lowest BCUT2D eigenvalue weighted by Gasteiger charge is -2.29. The van der Waals surface area contributed by atoms with E-state index in [0.29, 0.717) is 18.0 Å². The predicted octanol–water partition coefficient (Wildman–Crippen LogP) is 2.77. The fourth-order valence-electron chi connectivity index (χ4n) is 2.72. The molecule has 0 N–H and O–H groups in total. The van der Waals surface area contributed by atoms with Gasteiger partial charge in [-0.15, -0.1) is 12.4 Å². The van der Waals surface area contributed by atoms with E-state index >= 15 is 0 Å². The average Bonchev–Trinajstić information content (AvgIpc) is 2.83. The smallest absolute Gasteiger partial charge is 0.170 e. The summed E-state index contributed by atoms with van der Waals surface area (Å²) in [5.41, 5.74) is 1.42. The molecule has 1 fully saturated rings. The van der Waals surface area contributed by atoms with E-state index in [9.17, 15) is 9.18 Å². The molecule has 1 aromatic heterocycles. The van der Waals surface area contributed by atoms with E-state index in [0.717, 1.165) is 43.3 Å². The highest BCUT2D eigenvalue weighted by atomic mass is 35.5. The molecule has 2 aromatic rings. The summed E-state index contributed by atoms with van der Waals surface area (Å²) in [5, 5.41) is 5.00. The maximum Gasteiger partial charge on any atom is 0.170 e.